The molecule has 0 spiro atoms. The van der Waals surface area contributed by atoms with Crippen molar-refractivity contribution < 1.29 is 13.2 Å². The standard InChI is InChI=1S/C22H27N3O3S/c1-3-13-23-29(27,28)21-6-4-5-18(16-21)22(26)24-19-7-9-20(10-8-19)25-14-11-17(2)12-15-25/h3-10,16-17,23H,1,11-15H2,2H3,(H,24,26). The number of carbonyl (C=O) groups excluding carboxylic acids is 1. The van der Waals surface area contributed by atoms with E-state index in [2.05, 4.69) is 28.4 Å². The zero-order valence-corrected chi connectivity index (χ0v) is 17.4. The molecule has 1 heterocycles. The molecule has 2 N–H and O–H groups in total. The molecular formula is C22H27N3O3S. The molecule has 2 aromatic carbocycles. The lowest BCUT2D eigenvalue weighted by Crippen LogP contribution is -2.32. The summed E-state index contributed by atoms with van der Waals surface area (Å²) >= 11 is 0. The van der Waals surface area contributed by atoms with E-state index in [1.165, 1.54) is 31.1 Å². The van der Waals surface area contributed by atoms with Crippen molar-refractivity contribution in [3.63, 3.8) is 0 Å². The second-order valence-electron chi connectivity index (χ2n) is 7.34. The molecule has 1 saturated heterocycles. The summed E-state index contributed by atoms with van der Waals surface area (Å²) in [7, 11) is -3.68. The number of amides is 1. The van der Waals surface area contributed by atoms with Gasteiger partial charge in [-0.15, -0.1) is 6.58 Å². The van der Waals surface area contributed by atoms with Gasteiger partial charge in [-0.1, -0.05) is 19.1 Å². The Kier molecular flexibility index (Phi) is 6.71. The molecule has 6 nitrogen and oxygen atoms in total. The van der Waals surface area contributed by atoms with E-state index in [9.17, 15) is 13.2 Å². The third-order valence-electron chi connectivity index (χ3n) is 5.10. The summed E-state index contributed by atoms with van der Waals surface area (Å²) in [6, 6.07) is 13.7. The average Bonchev–Trinajstić information content (AvgIpc) is 2.73. The van der Waals surface area contributed by atoms with Crippen molar-refractivity contribution in [2.45, 2.75) is 24.7 Å². The molecule has 154 valence electrons. The molecule has 29 heavy (non-hydrogen) atoms. The predicted octanol–water partition coefficient (Wildman–Crippen LogP) is 3.64. The highest BCUT2D eigenvalue weighted by atomic mass is 32.2. The SMILES string of the molecule is C=CCNS(=O)(=O)c1cccc(C(=O)Nc2ccc(N3CCC(C)CC3)cc2)c1. The average molecular weight is 414 g/mol. The summed E-state index contributed by atoms with van der Waals surface area (Å²) in [4.78, 5) is 15.0. The Morgan fingerprint density at radius 1 is 1.17 bits per heavy atom. The minimum atomic E-state index is -3.68. The molecule has 0 saturated carbocycles. The Hall–Kier alpha value is -2.64. The van der Waals surface area contributed by atoms with Crippen LogP contribution >= 0.6 is 0 Å². The highest BCUT2D eigenvalue weighted by Crippen LogP contribution is 2.24. The van der Waals surface area contributed by atoms with Crippen molar-refractivity contribution in [2.24, 2.45) is 5.92 Å². The molecule has 1 fully saturated rings. The summed E-state index contributed by atoms with van der Waals surface area (Å²) < 4.78 is 26.9. The molecule has 0 aliphatic carbocycles. The van der Waals surface area contributed by atoms with E-state index >= 15 is 0 Å². The zero-order chi connectivity index (χ0) is 20.9. The molecule has 0 aromatic heterocycles. The van der Waals surface area contributed by atoms with Crippen LogP contribution in [-0.4, -0.2) is 34.0 Å². The summed E-state index contributed by atoms with van der Waals surface area (Å²) in [5.41, 5.74) is 2.10. The Balaban J connectivity index is 1.67. The summed E-state index contributed by atoms with van der Waals surface area (Å²) in [6.45, 7) is 8.00. The van der Waals surface area contributed by atoms with Gasteiger partial charge in [0, 0.05) is 36.6 Å². The molecule has 7 heteroatoms. The number of nitrogens with zero attached hydrogens (tertiary/aromatic N) is 1. The second-order valence-corrected chi connectivity index (χ2v) is 9.11. The van der Waals surface area contributed by atoms with Crippen molar-refractivity contribution in [3.8, 4) is 0 Å². The molecule has 0 radical (unpaired) electrons. The van der Waals surface area contributed by atoms with Gasteiger partial charge in [0.2, 0.25) is 10.0 Å². The number of sulfonamides is 1. The fourth-order valence-electron chi connectivity index (χ4n) is 3.28. The number of hydrogen-bond acceptors (Lipinski definition) is 4. The minimum absolute atomic E-state index is 0.0432. The van der Waals surface area contributed by atoms with Gasteiger partial charge in [-0.3, -0.25) is 4.79 Å². The van der Waals surface area contributed by atoms with E-state index in [4.69, 9.17) is 0 Å². The predicted molar refractivity (Wildman–Crippen MR) is 117 cm³/mol. The first-order valence-corrected chi connectivity index (χ1v) is 11.2. The normalized spacial score (nSPS) is 15.1. The number of hydrogen-bond donors (Lipinski definition) is 2. The van der Waals surface area contributed by atoms with Gasteiger partial charge >= 0.3 is 0 Å². The number of carbonyl (C=O) groups is 1. The van der Waals surface area contributed by atoms with Gasteiger partial charge in [0.25, 0.3) is 5.91 Å². The van der Waals surface area contributed by atoms with E-state index in [1.54, 1.807) is 12.1 Å². The first-order chi connectivity index (χ1) is 13.9. The molecule has 2 aromatic rings. The highest BCUT2D eigenvalue weighted by Gasteiger charge is 2.17. The van der Waals surface area contributed by atoms with E-state index in [-0.39, 0.29) is 22.9 Å². The fraction of sp³-hybridized carbons (Fsp3) is 0.318. The van der Waals surface area contributed by atoms with Gasteiger partial charge in [0.1, 0.15) is 0 Å². The van der Waals surface area contributed by atoms with E-state index in [0.717, 1.165) is 24.7 Å². The molecule has 1 aliphatic rings. The van der Waals surface area contributed by atoms with Crippen LogP contribution in [0, 0.1) is 5.92 Å². The zero-order valence-electron chi connectivity index (χ0n) is 16.6. The van der Waals surface area contributed by atoms with Gasteiger partial charge < -0.3 is 10.2 Å². The van der Waals surface area contributed by atoms with Crippen LogP contribution in [0.15, 0.2) is 66.1 Å². The minimum Gasteiger partial charge on any atom is -0.372 e. The molecule has 3 rings (SSSR count). The Bertz CT molecular complexity index is 963. The van der Waals surface area contributed by atoms with E-state index in [1.807, 2.05) is 24.3 Å². The summed E-state index contributed by atoms with van der Waals surface area (Å²) in [6.07, 6.45) is 3.85. The number of anilines is 2. The monoisotopic (exact) mass is 413 g/mol. The van der Waals surface area contributed by atoms with Crippen LogP contribution in [0.4, 0.5) is 11.4 Å². The van der Waals surface area contributed by atoms with Crippen LogP contribution in [-0.2, 0) is 10.0 Å². The molecule has 0 bridgehead atoms. The Morgan fingerprint density at radius 3 is 2.52 bits per heavy atom. The number of rotatable bonds is 7. The van der Waals surface area contributed by atoms with Crippen LogP contribution in [0.3, 0.4) is 0 Å². The maximum Gasteiger partial charge on any atom is 0.255 e. The largest absolute Gasteiger partial charge is 0.372 e. The second kappa shape index (κ2) is 9.24. The van der Waals surface area contributed by atoms with Crippen molar-refractivity contribution in [2.75, 3.05) is 29.9 Å². The summed E-state index contributed by atoms with van der Waals surface area (Å²) in [5, 5.41) is 2.83. The quantitative estimate of drug-likeness (QED) is 0.680. The van der Waals surface area contributed by atoms with Crippen molar-refractivity contribution in [1.82, 2.24) is 4.72 Å². The molecule has 1 amide bonds. The maximum absolute atomic E-state index is 12.6. The highest BCUT2D eigenvalue weighted by molar-refractivity contribution is 7.89. The number of nitrogens with one attached hydrogen (secondary N) is 2. The number of benzene rings is 2. The molecular weight excluding hydrogens is 386 g/mol. The smallest absolute Gasteiger partial charge is 0.255 e. The van der Waals surface area contributed by atoms with Crippen LogP contribution in [0.5, 0.6) is 0 Å². The molecule has 1 aliphatic heterocycles. The summed E-state index contributed by atoms with van der Waals surface area (Å²) in [5.74, 6) is 0.418. The van der Waals surface area contributed by atoms with E-state index in [0.29, 0.717) is 5.69 Å². The van der Waals surface area contributed by atoms with Crippen LogP contribution in [0.25, 0.3) is 0 Å². The van der Waals surface area contributed by atoms with Gasteiger partial charge in [-0.25, -0.2) is 13.1 Å². The van der Waals surface area contributed by atoms with Gasteiger partial charge in [0.15, 0.2) is 0 Å². The van der Waals surface area contributed by atoms with Gasteiger partial charge in [0.05, 0.1) is 4.90 Å². The van der Waals surface area contributed by atoms with Gasteiger partial charge in [-0.2, -0.15) is 0 Å². The lowest BCUT2D eigenvalue weighted by Gasteiger charge is -2.32. The van der Waals surface area contributed by atoms with E-state index < -0.39 is 10.0 Å². The fourth-order valence-corrected chi connectivity index (χ4v) is 4.33. The van der Waals surface area contributed by atoms with Crippen molar-refractivity contribution in [3.05, 3.63) is 66.7 Å². The lowest BCUT2D eigenvalue weighted by atomic mass is 9.99. The van der Waals surface area contributed by atoms with Crippen molar-refractivity contribution in [1.29, 1.82) is 0 Å². The first-order valence-electron chi connectivity index (χ1n) is 9.76. The van der Waals surface area contributed by atoms with Crippen LogP contribution in [0.2, 0.25) is 0 Å². The van der Waals surface area contributed by atoms with Crippen LogP contribution < -0.4 is 14.9 Å². The molecule has 0 atom stereocenters. The lowest BCUT2D eigenvalue weighted by molar-refractivity contribution is 0.102. The van der Waals surface area contributed by atoms with Crippen LogP contribution in [0.1, 0.15) is 30.1 Å². The maximum atomic E-state index is 12.6. The first kappa shape index (κ1) is 21.1. The third-order valence-corrected chi connectivity index (χ3v) is 6.52. The van der Waals surface area contributed by atoms with Crippen molar-refractivity contribution >= 4 is 27.3 Å². The molecule has 0 unspecified atom stereocenters. The Labute approximate surface area is 172 Å². The Morgan fingerprint density at radius 2 is 1.86 bits per heavy atom. The third kappa shape index (κ3) is 5.46. The number of piperidine rings is 1. The topological polar surface area (TPSA) is 78.5 Å². The van der Waals surface area contributed by atoms with Gasteiger partial charge in [-0.05, 0) is 61.2 Å².